The van der Waals surface area contributed by atoms with E-state index in [1.54, 1.807) is 12.1 Å². The van der Waals surface area contributed by atoms with Crippen molar-refractivity contribution in [1.82, 2.24) is 0 Å². The maximum atomic E-state index is 11.7. The normalized spacial score (nSPS) is 12.1. The lowest BCUT2D eigenvalue weighted by Gasteiger charge is -2.07. The van der Waals surface area contributed by atoms with Crippen LogP contribution in [-0.4, -0.2) is 22.0 Å². The van der Waals surface area contributed by atoms with E-state index >= 15 is 0 Å². The molecule has 1 aromatic rings. The molecule has 0 aliphatic carbocycles. The smallest absolute Gasteiger partial charge is 0.337 e. The van der Waals surface area contributed by atoms with Crippen LogP contribution in [0.2, 0.25) is 0 Å². The van der Waals surface area contributed by atoms with Gasteiger partial charge in [0, 0.05) is 12.0 Å². The van der Waals surface area contributed by atoms with Crippen LogP contribution in [0.1, 0.15) is 48.2 Å². The summed E-state index contributed by atoms with van der Waals surface area (Å²) in [6.07, 6.45) is 0.616. The average Bonchev–Trinajstić information content (AvgIpc) is 2.35. The Morgan fingerprint density at radius 3 is 2.65 bits per heavy atom. The van der Waals surface area contributed by atoms with E-state index in [1.807, 2.05) is 6.92 Å². The second-order valence-corrected chi connectivity index (χ2v) is 3.89. The third-order valence-corrected chi connectivity index (χ3v) is 2.52. The van der Waals surface area contributed by atoms with Crippen LogP contribution in [0.25, 0.3) is 0 Å². The number of Topliss-reactive ketones (excluding diaryl/α,β-unsaturated/α-hetero) is 1. The zero-order valence-corrected chi connectivity index (χ0v) is 9.72. The van der Waals surface area contributed by atoms with E-state index in [-0.39, 0.29) is 11.3 Å². The highest BCUT2D eigenvalue weighted by Gasteiger charge is 2.17. The summed E-state index contributed by atoms with van der Waals surface area (Å²) in [7, 11) is 0. The molecule has 0 saturated carbocycles. The van der Waals surface area contributed by atoms with Crippen molar-refractivity contribution in [2.75, 3.05) is 0 Å². The van der Waals surface area contributed by atoms with Crippen LogP contribution in [0.4, 0.5) is 0 Å². The Kier molecular flexibility index (Phi) is 4.84. The molecule has 92 valence electrons. The molecule has 1 unspecified atom stereocenters. The second kappa shape index (κ2) is 6.15. The van der Waals surface area contributed by atoms with Crippen LogP contribution in [0.3, 0.4) is 0 Å². The molecule has 0 spiro atoms. The average molecular weight is 236 g/mol. The predicted molar refractivity (Wildman–Crippen MR) is 62.9 cm³/mol. The Balaban J connectivity index is 2.85. The molecule has 0 radical (unpaired) electrons. The summed E-state index contributed by atoms with van der Waals surface area (Å²) in [5, 5.41) is 18.0. The zero-order chi connectivity index (χ0) is 12.8. The molecule has 1 atom stereocenters. The van der Waals surface area contributed by atoms with Gasteiger partial charge in [0.2, 0.25) is 0 Å². The standard InChI is InChI=1S/C13H16O4/c1-2-3-7-11(14)9-5-4-6-10(8-9)12(15)13(16)17/h4-6,8,12,15H,2-3,7H2,1H3,(H,16,17). The number of benzene rings is 1. The molecule has 4 nitrogen and oxygen atoms in total. The van der Waals surface area contributed by atoms with Crippen molar-refractivity contribution in [3.8, 4) is 0 Å². The van der Waals surface area contributed by atoms with Gasteiger partial charge < -0.3 is 10.2 Å². The Hall–Kier alpha value is -1.68. The van der Waals surface area contributed by atoms with Gasteiger partial charge in [0.05, 0.1) is 0 Å². The molecule has 1 rings (SSSR count). The zero-order valence-electron chi connectivity index (χ0n) is 9.72. The Bertz CT molecular complexity index is 412. The number of ketones is 1. The van der Waals surface area contributed by atoms with Gasteiger partial charge in [-0.25, -0.2) is 4.79 Å². The summed E-state index contributed by atoms with van der Waals surface area (Å²) in [4.78, 5) is 22.3. The first kappa shape index (κ1) is 13.4. The summed E-state index contributed by atoms with van der Waals surface area (Å²) in [5.74, 6) is -1.34. The summed E-state index contributed by atoms with van der Waals surface area (Å²) in [5.41, 5.74) is 0.691. The molecule has 0 saturated heterocycles. The number of carboxylic acids is 1. The molecule has 0 aliphatic rings. The molecule has 2 N–H and O–H groups in total. The van der Waals surface area contributed by atoms with E-state index in [0.29, 0.717) is 12.0 Å². The topological polar surface area (TPSA) is 74.6 Å². The minimum Gasteiger partial charge on any atom is -0.479 e. The van der Waals surface area contributed by atoms with E-state index in [1.165, 1.54) is 12.1 Å². The number of aliphatic hydroxyl groups excluding tert-OH is 1. The van der Waals surface area contributed by atoms with Crippen LogP contribution in [0.15, 0.2) is 24.3 Å². The third-order valence-electron chi connectivity index (χ3n) is 2.52. The first-order valence-electron chi connectivity index (χ1n) is 5.60. The van der Waals surface area contributed by atoms with Crippen molar-refractivity contribution >= 4 is 11.8 Å². The monoisotopic (exact) mass is 236 g/mol. The summed E-state index contributed by atoms with van der Waals surface area (Å²) in [6.45, 7) is 2.00. The van der Waals surface area contributed by atoms with Gasteiger partial charge in [-0.2, -0.15) is 0 Å². The van der Waals surface area contributed by atoms with Crippen LogP contribution in [0, 0.1) is 0 Å². The van der Waals surface area contributed by atoms with Crippen molar-refractivity contribution in [1.29, 1.82) is 0 Å². The third kappa shape index (κ3) is 3.67. The van der Waals surface area contributed by atoms with Crippen LogP contribution < -0.4 is 0 Å². The first-order valence-corrected chi connectivity index (χ1v) is 5.60. The molecular formula is C13H16O4. The van der Waals surface area contributed by atoms with Crippen LogP contribution in [-0.2, 0) is 4.79 Å². The van der Waals surface area contributed by atoms with Crippen LogP contribution in [0.5, 0.6) is 0 Å². The lowest BCUT2D eigenvalue weighted by molar-refractivity contribution is -0.146. The fourth-order valence-corrected chi connectivity index (χ4v) is 1.51. The Labute approximate surface area is 99.9 Å². The lowest BCUT2D eigenvalue weighted by atomic mass is 10.0. The van der Waals surface area contributed by atoms with E-state index in [9.17, 15) is 14.7 Å². The number of hydrogen-bond donors (Lipinski definition) is 2. The molecule has 0 amide bonds. The molecule has 0 aromatic heterocycles. The van der Waals surface area contributed by atoms with Gasteiger partial charge in [-0.1, -0.05) is 31.5 Å². The molecule has 0 bridgehead atoms. The summed E-state index contributed by atoms with van der Waals surface area (Å²) in [6, 6.07) is 6.16. The quantitative estimate of drug-likeness (QED) is 0.742. The minimum absolute atomic E-state index is 0.0220. The minimum atomic E-state index is -1.58. The maximum Gasteiger partial charge on any atom is 0.337 e. The van der Waals surface area contributed by atoms with Crippen molar-refractivity contribution < 1.29 is 19.8 Å². The second-order valence-electron chi connectivity index (χ2n) is 3.89. The molecule has 0 aliphatic heterocycles. The van der Waals surface area contributed by atoms with Crippen molar-refractivity contribution in [3.05, 3.63) is 35.4 Å². The molecule has 17 heavy (non-hydrogen) atoms. The van der Waals surface area contributed by atoms with E-state index in [4.69, 9.17) is 5.11 Å². The van der Waals surface area contributed by atoms with Gasteiger partial charge in [0.25, 0.3) is 0 Å². The van der Waals surface area contributed by atoms with Gasteiger partial charge >= 0.3 is 5.97 Å². The van der Waals surface area contributed by atoms with Gasteiger partial charge in [0.1, 0.15) is 0 Å². The number of carbonyl (C=O) groups is 2. The number of carbonyl (C=O) groups excluding carboxylic acids is 1. The van der Waals surface area contributed by atoms with Gasteiger partial charge in [-0.3, -0.25) is 4.79 Å². The fourth-order valence-electron chi connectivity index (χ4n) is 1.51. The Morgan fingerprint density at radius 1 is 1.35 bits per heavy atom. The predicted octanol–water partition coefficient (Wildman–Crippen LogP) is 2.18. The number of aliphatic carboxylic acids is 1. The number of carboxylic acid groups (broad SMARTS) is 1. The maximum absolute atomic E-state index is 11.7. The van der Waals surface area contributed by atoms with Gasteiger partial charge in [0.15, 0.2) is 11.9 Å². The fraction of sp³-hybridized carbons (Fsp3) is 0.385. The molecule has 4 heteroatoms. The molecule has 0 fully saturated rings. The van der Waals surface area contributed by atoms with E-state index in [2.05, 4.69) is 0 Å². The lowest BCUT2D eigenvalue weighted by Crippen LogP contribution is -2.11. The van der Waals surface area contributed by atoms with Crippen molar-refractivity contribution in [3.63, 3.8) is 0 Å². The Morgan fingerprint density at radius 2 is 2.06 bits per heavy atom. The molecule has 1 aromatic carbocycles. The number of hydrogen-bond acceptors (Lipinski definition) is 3. The largest absolute Gasteiger partial charge is 0.479 e. The molecule has 0 heterocycles. The highest BCUT2D eigenvalue weighted by molar-refractivity contribution is 5.96. The first-order chi connectivity index (χ1) is 8.06. The highest BCUT2D eigenvalue weighted by Crippen LogP contribution is 2.16. The van der Waals surface area contributed by atoms with E-state index < -0.39 is 12.1 Å². The number of unbranched alkanes of at least 4 members (excludes halogenated alkanes) is 1. The van der Waals surface area contributed by atoms with E-state index in [0.717, 1.165) is 12.8 Å². The SMILES string of the molecule is CCCCC(=O)c1cccc(C(O)C(=O)O)c1. The number of aliphatic hydroxyl groups is 1. The highest BCUT2D eigenvalue weighted by atomic mass is 16.4. The summed E-state index contributed by atoms with van der Waals surface area (Å²) >= 11 is 0. The van der Waals surface area contributed by atoms with Crippen molar-refractivity contribution in [2.24, 2.45) is 0 Å². The van der Waals surface area contributed by atoms with Crippen molar-refractivity contribution in [2.45, 2.75) is 32.3 Å². The van der Waals surface area contributed by atoms with Gasteiger partial charge in [-0.15, -0.1) is 0 Å². The van der Waals surface area contributed by atoms with Crippen LogP contribution >= 0.6 is 0 Å². The number of rotatable bonds is 6. The van der Waals surface area contributed by atoms with Gasteiger partial charge in [-0.05, 0) is 18.1 Å². The summed E-state index contributed by atoms with van der Waals surface area (Å²) < 4.78 is 0. The molecular weight excluding hydrogens is 220 g/mol.